The predicted molar refractivity (Wildman–Crippen MR) is 109 cm³/mol. The maximum absolute atomic E-state index is 13.2. The second-order valence-corrected chi connectivity index (χ2v) is 8.41. The second kappa shape index (κ2) is 8.45. The van der Waals surface area contributed by atoms with E-state index in [1.165, 1.54) is 25.7 Å². The molecule has 152 valence electrons. The van der Waals surface area contributed by atoms with Gasteiger partial charge in [0.1, 0.15) is 12.1 Å². The molecule has 2 aromatic rings. The third kappa shape index (κ3) is 3.98. The zero-order valence-corrected chi connectivity index (χ0v) is 17.2. The largest absolute Gasteiger partial charge is 0.353 e. The summed E-state index contributed by atoms with van der Waals surface area (Å²) in [6.07, 6.45) is 10.1. The number of amides is 1. The topological polar surface area (TPSA) is 66.6 Å². The summed E-state index contributed by atoms with van der Waals surface area (Å²) in [5.74, 6) is 3.01. The zero-order chi connectivity index (χ0) is 19.5. The van der Waals surface area contributed by atoms with E-state index in [4.69, 9.17) is 0 Å². The van der Waals surface area contributed by atoms with Gasteiger partial charge in [-0.1, -0.05) is 39.0 Å². The molecule has 2 aromatic heterocycles. The molecule has 1 saturated heterocycles. The maximum Gasteiger partial charge on any atom is 0.254 e. The summed E-state index contributed by atoms with van der Waals surface area (Å²) in [7, 11) is 0. The van der Waals surface area contributed by atoms with E-state index in [0.29, 0.717) is 11.7 Å². The molecule has 2 aliphatic rings. The normalized spacial score (nSPS) is 19.5. The highest BCUT2D eigenvalue weighted by Gasteiger charge is 2.30. The van der Waals surface area contributed by atoms with Crippen LogP contribution in [0, 0.1) is 18.8 Å². The monoisotopic (exact) mass is 384 g/mol. The molecule has 0 N–H and O–H groups in total. The van der Waals surface area contributed by atoms with Gasteiger partial charge < -0.3 is 9.80 Å². The third-order valence-corrected chi connectivity index (χ3v) is 6.36. The Morgan fingerprint density at radius 3 is 2.68 bits per heavy atom. The quantitative estimate of drug-likeness (QED) is 0.766. The molecule has 1 aliphatic heterocycles. The van der Waals surface area contributed by atoms with Crippen molar-refractivity contribution in [2.45, 2.75) is 58.8 Å². The van der Waals surface area contributed by atoms with Gasteiger partial charge in [-0.25, -0.2) is 4.98 Å². The molecule has 1 atom stereocenters. The van der Waals surface area contributed by atoms with E-state index < -0.39 is 0 Å². The van der Waals surface area contributed by atoms with E-state index in [0.717, 1.165) is 62.9 Å². The van der Waals surface area contributed by atoms with Crippen molar-refractivity contribution < 1.29 is 4.79 Å². The summed E-state index contributed by atoms with van der Waals surface area (Å²) in [6, 6.07) is 2.05. The molecule has 1 aliphatic carbocycles. The predicted octanol–water partition coefficient (Wildman–Crippen LogP) is 3.08. The third-order valence-electron chi connectivity index (χ3n) is 6.36. The molecule has 4 rings (SSSR count). The standard InChI is InChI=1S/C21H32N6O/c1-3-6-18(14-17-7-4-5-8-17)20(28)26-11-9-25(10-12-26)19-13-16(2)24-21-22-15-23-27(19)21/h13,15,17-18H,3-12,14H2,1-2H3. The molecule has 7 heteroatoms. The number of fused-ring (bicyclic) bond motifs is 1. The van der Waals surface area contributed by atoms with Crippen molar-refractivity contribution >= 4 is 17.5 Å². The first kappa shape index (κ1) is 19.2. The van der Waals surface area contributed by atoms with E-state index in [-0.39, 0.29) is 5.92 Å². The van der Waals surface area contributed by atoms with Gasteiger partial charge in [0.2, 0.25) is 5.91 Å². The Morgan fingerprint density at radius 1 is 1.21 bits per heavy atom. The van der Waals surface area contributed by atoms with Crippen LogP contribution in [0.5, 0.6) is 0 Å². The van der Waals surface area contributed by atoms with Crippen molar-refractivity contribution in [1.82, 2.24) is 24.5 Å². The molecule has 0 spiro atoms. The first-order chi connectivity index (χ1) is 13.7. The van der Waals surface area contributed by atoms with Gasteiger partial charge >= 0.3 is 0 Å². The first-order valence-corrected chi connectivity index (χ1v) is 10.9. The average Bonchev–Trinajstić information content (AvgIpc) is 3.38. The Morgan fingerprint density at radius 2 is 1.96 bits per heavy atom. The van der Waals surface area contributed by atoms with Gasteiger partial charge in [-0.2, -0.15) is 14.6 Å². The number of hydrogen-bond acceptors (Lipinski definition) is 5. The highest BCUT2D eigenvalue weighted by atomic mass is 16.2. The van der Waals surface area contributed by atoms with Crippen LogP contribution in [0.3, 0.4) is 0 Å². The van der Waals surface area contributed by atoms with E-state index in [1.807, 2.05) is 6.92 Å². The Balaban J connectivity index is 1.41. The molecule has 1 amide bonds. The van der Waals surface area contributed by atoms with Crippen molar-refractivity contribution in [3.8, 4) is 0 Å². The fraction of sp³-hybridized carbons (Fsp3) is 0.714. The van der Waals surface area contributed by atoms with Gasteiger partial charge in [0, 0.05) is 43.9 Å². The minimum Gasteiger partial charge on any atom is -0.353 e. The molecular weight excluding hydrogens is 352 g/mol. The van der Waals surface area contributed by atoms with Gasteiger partial charge in [0.05, 0.1) is 0 Å². The van der Waals surface area contributed by atoms with Crippen LogP contribution in [0.4, 0.5) is 5.82 Å². The van der Waals surface area contributed by atoms with Crippen molar-refractivity contribution in [2.24, 2.45) is 11.8 Å². The number of anilines is 1. The highest BCUT2D eigenvalue weighted by molar-refractivity contribution is 5.79. The van der Waals surface area contributed by atoms with E-state index in [9.17, 15) is 4.79 Å². The lowest BCUT2D eigenvalue weighted by atomic mass is 9.89. The van der Waals surface area contributed by atoms with E-state index >= 15 is 0 Å². The number of carbonyl (C=O) groups is 1. The second-order valence-electron chi connectivity index (χ2n) is 8.41. The van der Waals surface area contributed by atoms with Crippen LogP contribution in [0.15, 0.2) is 12.4 Å². The van der Waals surface area contributed by atoms with Crippen LogP contribution < -0.4 is 4.90 Å². The van der Waals surface area contributed by atoms with Crippen LogP contribution in [0.2, 0.25) is 0 Å². The summed E-state index contributed by atoms with van der Waals surface area (Å²) in [5.41, 5.74) is 0.938. The number of hydrogen-bond donors (Lipinski definition) is 0. The van der Waals surface area contributed by atoms with Crippen LogP contribution in [0.1, 0.15) is 57.6 Å². The van der Waals surface area contributed by atoms with Gasteiger partial charge in [-0.05, 0) is 25.7 Å². The zero-order valence-electron chi connectivity index (χ0n) is 17.2. The molecule has 0 aromatic carbocycles. The van der Waals surface area contributed by atoms with E-state index in [2.05, 4.69) is 37.9 Å². The molecule has 7 nitrogen and oxygen atoms in total. The Hall–Kier alpha value is -2.18. The SMILES string of the molecule is CCCC(CC1CCCC1)C(=O)N1CCN(c2cc(C)nc3ncnn23)CC1. The summed E-state index contributed by atoms with van der Waals surface area (Å²) in [6.45, 7) is 7.39. The van der Waals surface area contributed by atoms with Gasteiger partial charge in [0.15, 0.2) is 0 Å². The minimum absolute atomic E-state index is 0.213. The molecule has 0 radical (unpaired) electrons. The molecule has 28 heavy (non-hydrogen) atoms. The van der Waals surface area contributed by atoms with Gasteiger partial charge in [-0.3, -0.25) is 4.79 Å². The fourth-order valence-electron chi connectivity index (χ4n) is 4.89. The number of nitrogens with zero attached hydrogens (tertiary/aromatic N) is 6. The Bertz CT molecular complexity index is 804. The first-order valence-electron chi connectivity index (χ1n) is 10.9. The van der Waals surface area contributed by atoms with Crippen LogP contribution in [-0.4, -0.2) is 56.6 Å². The van der Waals surface area contributed by atoms with Crippen molar-refractivity contribution in [3.05, 3.63) is 18.1 Å². The molecule has 1 unspecified atom stereocenters. The number of aryl methyl sites for hydroxylation is 1. The number of rotatable bonds is 6. The van der Waals surface area contributed by atoms with Crippen molar-refractivity contribution in [1.29, 1.82) is 0 Å². The molecule has 0 bridgehead atoms. The fourth-order valence-corrected chi connectivity index (χ4v) is 4.89. The lowest BCUT2D eigenvalue weighted by molar-refractivity contribution is -0.136. The lowest BCUT2D eigenvalue weighted by Gasteiger charge is -2.37. The van der Waals surface area contributed by atoms with Gasteiger partial charge in [-0.15, -0.1) is 0 Å². The van der Waals surface area contributed by atoms with Gasteiger partial charge in [0.25, 0.3) is 5.78 Å². The summed E-state index contributed by atoms with van der Waals surface area (Å²) < 4.78 is 1.80. The molecule has 1 saturated carbocycles. The summed E-state index contributed by atoms with van der Waals surface area (Å²) in [5, 5.41) is 4.32. The van der Waals surface area contributed by atoms with Crippen LogP contribution >= 0.6 is 0 Å². The average molecular weight is 385 g/mol. The smallest absolute Gasteiger partial charge is 0.254 e. The van der Waals surface area contributed by atoms with Crippen molar-refractivity contribution in [2.75, 3.05) is 31.1 Å². The number of aromatic nitrogens is 4. The highest BCUT2D eigenvalue weighted by Crippen LogP contribution is 2.32. The summed E-state index contributed by atoms with van der Waals surface area (Å²) in [4.78, 5) is 26.3. The molecule has 2 fully saturated rings. The molecular formula is C21H32N6O. The summed E-state index contributed by atoms with van der Waals surface area (Å²) >= 11 is 0. The lowest BCUT2D eigenvalue weighted by Crippen LogP contribution is -2.51. The van der Waals surface area contributed by atoms with Crippen molar-refractivity contribution in [3.63, 3.8) is 0 Å². The Kier molecular flexibility index (Phi) is 5.78. The van der Waals surface area contributed by atoms with Crippen LogP contribution in [-0.2, 0) is 4.79 Å². The number of piperazine rings is 1. The molecule has 3 heterocycles. The maximum atomic E-state index is 13.2. The van der Waals surface area contributed by atoms with Crippen LogP contribution in [0.25, 0.3) is 5.78 Å². The minimum atomic E-state index is 0.213. The van der Waals surface area contributed by atoms with E-state index in [1.54, 1.807) is 10.8 Å². The Labute approximate surface area is 167 Å². The number of carbonyl (C=O) groups excluding carboxylic acids is 1.